The molecule has 0 aliphatic rings. The summed E-state index contributed by atoms with van der Waals surface area (Å²) in [6.07, 6.45) is 1.77. The van der Waals surface area contributed by atoms with Gasteiger partial charge >= 0.3 is 0 Å². The van der Waals surface area contributed by atoms with Gasteiger partial charge in [0.05, 0.1) is 12.3 Å². The normalized spacial score (nSPS) is 10.6. The van der Waals surface area contributed by atoms with Crippen LogP contribution in [-0.2, 0) is 11.3 Å². The molecule has 84 valence electrons. The molecular weight excluding hydrogens is 222 g/mol. The zero-order valence-electron chi connectivity index (χ0n) is 9.23. The number of nitrogens with zero attached hydrogens (tertiary/aromatic N) is 2. The van der Waals surface area contributed by atoms with E-state index in [2.05, 4.69) is 10.1 Å². The smallest absolute Gasteiger partial charge is 0.152 e. The molecule has 4 nitrogen and oxygen atoms in total. The zero-order valence-corrected chi connectivity index (χ0v) is 10.0. The predicted molar refractivity (Wildman–Crippen MR) is 64.2 cm³/mol. The fraction of sp³-hybridized carbons (Fsp3) is 0.273. The second-order valence-electron chi connectivity index (χ2n) is 3.58. The van der Waals surface area contributed by atoms with Gasteiger partial charge in [-0.3, -0.25) is 5.10 Å². The van der Waals surface area contributed by atoms with Gasteiger partial charge in [0.25, 0.3) is 0 Å². The van der Waals surface area contributed by atoms with E-state index in [1.54, 1.807) is 18.0 Å². The van der Waals surface area contributed by atoms with Crippen molar-refractivity contribution < 1.29 is 4.74 Å². The van der Waals surface area contributed by atoms with Crippen LogP contribution < -0.4 is 0 Å². The minimum atomic E-state index is 0.516. The molecule has 0 spiro atoms. The minimum Gasteiger partial charge on any atom is -0.378 e. The summed E-state index contributed by atoms with van der Waals surface area (Å²) in [4.78, 5) is 4.27. The molecule has 0 atom stereocenters. The number of pyridine rings is 1. The summed E-state index contributed by atoms with van der Waals surface area (Å²) in [6.45, 7) is 2.54. The molecule has 0 aliphatic carbocycles. The van der Waals surface area contributed by atoms with E-state index in [0.29, 0.717) is 11.2 Å². The van der Waals surface area contributed by atoms with Crippen LogP contribution in [0.25, 0.3) is 5.82 Å². The molecule has 16 heavy (non-hydrogen) atoms. The van der Waals surface area contributed by atoms with Gasteiger partial charge in [-0.15, -0.1) is 0 Å². The zero-order chi connectivity index (χ0) is 11.5. The molecule has 5 heteroatoms. The van der Waals surface area contributed by atoms with Crippen LogP contribution in [-0.4, -0.2) is 21.9 Å². The fourth-order valence-electron chi connectivity index (χ4n) is 1.49. The SMILES string of the molecule is COCc1cc(=S)n(-c2cc(C)ccn2)[nH]1. The number of ether oxygens (including phenoxy) is 1. The summed E-state index contributed by atoms with van der Waals surface area (Å²) < 4.78 is 7.52. The van der Waals surface area contributed by atoms with Crippen LogP contribution in [0, 0.1) is 11.6 Å². The monoisotopic (exact) mass is 235 g/mol. The van der Waals surface area contributed by atoms with E-state index in [1.807, 2.05) is 25.1 Å². The van der Waals surface area contributed by atoms with Crippen molar-refractivity contribution in [1.82, 2.24) is 14.8 Å². The summed E-state index contributed by atoms with van der Waals surface area (Å²) in [5, 5.41) is 3.15. The average Bonchev–Trinajstić information content (AvgIpc) is 2.60. The van der Waals surface area contributed by atoms with Crippen LogP contribution in [0.1, 0.15) is 11.3 Å². The van der Waals surface area contributed by atoms with Crippen LogP contribution in [0.5, 0.6) is 0 Å². The molecule has 2 aromatic rings. The lowest BCUT2D eigenvalue weighted by Gasteiger charge is -2.02. The van der Waals surface area contributed by atoms with Crippen molar-refractivity contribution in [2.45, 2.75) is 13.5 Å². The van der Waals surface area contributed by atoms with E-state index < -0.39 is 0 Å². The van der Waals surface area contributed by atoms with Crippen LogP contribution in [0.15, 0.2) is 24.4 Å². The number of hydrogen-bond acceptors (Lipinski definition) is 3. The van der Waals surface area contributed by atoms with Crippen LogP contribution in [0.4, 0.5) is 0 Å². The third kappa shape index (κ3) is 2.20. The molecule has 0 saturated heterocycles. The minimum absolute atomic E-state index is 0.516. The first kappa shape index (κ1) is 11.0. The number of aromatic amines is 1. The second-order valence-corrected chi connectivity index (χ2v) is 4.00. The molecular formula is C11H13N3OS. The van der Waals surface area contributed by atoms with Crippen molar-refractivity contribution in [2.75, 3.05) is 7.11 Å². The number of aryl methyl sites for hydroxylation is 1. The van der Waals surface area contributed by atoms with Gasteiger partial charge in [-0.25, -0.2) is 9.67 Å². The summed E-state index contributed by atoms with van der Waals surface area (Å²) in [5.41, 5.74) is 2.09. The van der Waals surface area contributed by atoms with Gasteiger partial charge in [0.15, 0.2) is 5.82 Å². The summed E-state index contributed by atoms with van der Waals surface area (Å²) in [6, 6.07) is 5.80. The molecule has 2 aromatic heterocycles. The third-order valence-corrected chi connectivity index (χ3v) is 2.50. The van der Waals surface area contributed by atoms with Gasteiger partial charge in [-0.05, 0) is 30.7 Å². The maximum atomic E-state index is 5.25. The van der Waals surface area contributed by atoms with Gasteiger partial charge < -0.3 is 4.74 Å². The predicted octanol–water partition coefficient (Wildman–Crippen LogP) is 2.38. The van der Waals surface area contributed by atoms with Crippen molar-refractivity contribution in [2.24, 2.45) is 0 Å². The van der Waals surface area contributed by atoms with Gasteiger partial charge in [-0.1, -0.05) is 12.2 Å². The molecule has 2 rings (SSSR count). The molecule has 0 bridgehead atoms. The van der Waals surface area contributed by atoms with Gasteiger partial charge in [-0.2, -0.15) is 0 Å². The van der Waals surface area contributed by atoms with Gasteiger partial charge in [0, 0.05) is 13.3 Å². The number of H-pyrrole nitrogens is 1. The highest BCUT2D eigenvalue weighted by Crippen LogP contribution is 2.09. The summed E-state index contributed by atoms with van der Waals surface area (Å²) >= 11 is 5.25. The van der Waals surface area contributed by atoms with Crippen molar-refractivity contribution in [3.05, 3.63) is 40.3 Å². The summed E-state index contributed by atoms with van der Waals surface area (Å²) in [7, 11) is 1.65. The maximum Gasteiger partial charge on any atom is 0.152 e. The molecule has 0 fully saturated rings. The Morgan fingerprint density at radius 1 is 1.50 bits per heavy atom. The molecule has 0 amide bonds. The Balaban J connectivity index is 2.44. The second kappa shape index (κ2) is 4.59. The molecule has 0 radical (unpaired) electrons. The Morgan fingerprint density at radius 2 is 2.31 bits per heavy atom. The average molecular weight is 235 g/mol. The highest BCUT2D eigenvalue weighted by atomic mass is 32.1. The fourth-order valence-corrected chi connectivity index (χ4v) is 1.77. The Hall–Kier alpha value is -1.46. The molecule has 0 saturated carbocycles. The molecule has 0 aliphatic heterocycles. The van der Waals surface area contributed by atoms with E-state index in [-0.39, 0.29) is 0 Å². The first-order valence-corrected chi connectivity index (χ1v) is 5.34. The van der Waals surface area contributed by atoms with E-state index in [4.69, 9.17) is 17.0 Å². The van der Waals surface area contributed by atoms with Crippen molar-refractivity contribution in [3.8, 4) is 5.82 Å². The standard InChI is InChI=1S/C11H13N3OS/c1-8-3-4-12-10(5-8)14-11(16)6-9(13-14)7-15-2/h3-6,13H,7H2,1-2H3. The number of aromatic nitrogens is 3. The van der Waals surface area contributed by atoms with Crippen LogP contribution in [0.3, 0.4) is 0 Å². The van der Waals surface area contributed by atoms with Crippen LogP contribution >= 0.6 is 12.2 Å². The van der Waals surface area contributed by atoms with E-state index in [0.717, 1.165) is 17.1 Å². The first-order valence-electron chi connectivity index (χ1n) is 4.93. The molecule has 1 N–H and O–H groups in total. The largest absolute Gasteiger partial charge is 0.378 e. The summed E-state index contributed by atoms with van der Waals surface area (Å²) in [5.74, 6) is 0.798. The van der Waals surface area contributed by atoms with Crippen molar-refractivity contribution >= 4 is 12.2 Å². The van der Waals surface area contributed by atoms with Crippen LogP contribution in [0.2, 0.25) is 0 Å². The lowest BCUT2D eigenvalue weighted by Crippen LogP contribution is -2.00. The van der Waals surface area contributed by atoms with Crippen molar-refractivity contribution in [3.63, 3.8) is 0 Å². The number of hydrogen-bond donors (Lipinski definition) is 1. The van der Waals surface area contributed by atoms with Gasteiger partial charge in [0.2, 0.25) is 0 Å². The topological polar surface area (TPSA) is 42.8 Å². The number of rotatable bonds is 3. The van der Waals surface area contributed by atoms with Crippen molar-refractivity contribution in [1.29, 1.82) is 0 Å². The Morgan fingerprint density at radius 3 is 3.00 bits per heavy atom. The lowest BCUT2D eigenvalue weighted by atomic mass is 10.3. The van der Waals surface area contributed by atoms with E-state index in [1.165, 1.54) is 0 Å². The third-order valence-electron chi connectivity index (χ3n) is 2.20. The lowest BCUT2D eigenvalue weighted by molar-refractivity contribution is 0.181. The quantitative estimate of drug-likeness (QED) is 0.831. The maximum absolute atomic E-state index is 5.25. The first-order chi connectivity index (χ1) is 7.70. The van der Waals surface area contributed by atoms with E-state index in [9.17, 15) is 0 Å². The van der Waals surface area contributed by atoms with Gasteiger partial charge in [0.1, 0.15) is 4.64 Å². The highest BCUT2D eigenvalue weighted by Gasteiger charge is 2.03. The highest BCUT2D eigenvalue weighted by molar-refractivity contribution is 7.71. The number of methoxy groups -OCH3 is 1. The Kier molecular flexibility index (Phi) is 3.17. The molecule has 0 aromatic carbocycles. The molecule has 0 unspecified atom stereocenters. The Bertz CT molecular complexity index is 544. The Labute approximate surface area is 98.9 Å². The number of nitrogens with one attached hydrogen (secondary N) is 1. The molecule has 2 heterocycles. The van der Waals surface area contributed by atoms with E-state index >= 15 is 0 Å².